The highest BCUT2D eigenvalue weighted by Gasteiger charge is 2.00. The van der Waals surface area contributed by atoms with E-state index in [-0.39, 0.29) is 6.10 Å². The van der Waals surface area contributed by atoms with E-state index in [4.69, 9.17) is 0 Å². The van der Waals surface area contributed by atoms with Gasteiger partial charge in [0, 0.05) is 11.4 Å². The Hall–Kier alpha value is 0.1000. The zero-order valence-corrected chi connectivity index (χ0v) is 10.7. The van der Waals surface area contributed by atoms with Crippen LogP contribution in [0.25, 0.3) is 0 Å². The van der Waals surface area contributed by atoms with Crippen LogP contribution < -0.4 is 5.32 Å². The van der Waals surface area contributed by atoms with Gasteiger partial charge in [-0.05, 0) is 47.4 Å². The van der Waals surface area contributed by atoms with Gasteiger partial charge in [0.25, 0.3) is 0 Å². The van der Waals surface area contributed by atoms with Gasteiger partial charge in [0.2, 0.25) is 0 Å². The number of thiophene rings is 1. The van der Waals surface area contributed by atoms with Crippen molar-refractivity contribution < 1.29 is 5.11 Å². The molecule has 0 saturated carbocycles. The van der Waals surface area contributed by atoms with E-state index in [0.29, 0.717) is 0 Å². The van der Waals surface area contributed by atoms with Gasteiger partial charge in [-0.15, -0.1) is 11.3 Å². The summed E-state index contributed by atoms with van der Waals surface area (Å²) >= 11 is 5.17. The maximum absolute atomic E-state index is 9.31. The van der Waals surface area contributed by atoms with Gasteiger partial charge in [0.05, 0.1) is 9.89 Å². The molecule has 4 heteroatoms. The third-order valence-electron chi connectivity index (χ3n) is 2.05. The monoisotopic (exact) mass is 277 g/mol. The standard InChI is InChI=1S/C10H16BrNOS/c1-2-8(13)5-6-12-7-9-3-4-10(11)14-9/h3-4,8,12-13H,2,5-7H2,1H3. The van der Waals surface area contributed by atoms with Crippen LogP contribution in [-0.4, -0.2) is 17.8 Å². The van der Waals surface area contributed by atoms with E-state index in [1.54, 1.807) is 11.3 Å². The van der Waals surface area contributed by atoms with Gasteiger partial charge in [0.15, 0.2) is 0 Å². The average molecular weight is 278 g/mol. The van der Waals surface area contributed by atoms with Crippen molar-refractivity contribution in [2.45, 2.75) is 32.4 Å². The third-order valence-corrected chi connectivity index (χ3v) is 3.68. The molecule has 0 radical (unpaired) electrons. The maximum Gasteiger partial charge on any atom is 0.0701 e. The second kappa shape index (κ2) is 6.56. The van der Waals surface area contributed by atoms with Gasteiger partial charge >= 0.3 is 0 Å². The lowest BCUT2D eigenvalue weighted by atomic mass is 10.2. The minimum Gasteiger partial charge on any atom is -0.393 e. The Morgan fingerprint density at radius 3 is 2.93 bits per heavy atom. The maximum atomic E-state index is 9.31. The lowest BCUT2D eigenvalue weighted by molar-refractivity contribution is 0.160. The SMILES string of the molecule is CCC(O)CCNCc1ccc(Br)s1. The van der Waals surface area contributed by atoms with Crippen LogP contribution in [0.2, 0.25) is 0 Å². The van der Waals surface area contributed by atoms with Crippen molar-refractivity contribution in [1.82, 2.24) is 5.32 Å². The minimum atomic E-state index is -0.155. The lowest BCUT2D eigenvalue weighted by Crippen LogP contribution is -2.19. The minimum absolute atomic E-state index is 0.155. The van der Waals surface area contributed by atoms with E-state index in [9.17, 15) is 5.11 Å². The Bertz CT molecular complexity index is 264. The number of aliphatic hydroxyl groups excluding tert-OH is 1. The second-order valence-corrected chi connectivity index (χ2v) is 5.78. The Kier molecular flexibility index (Phi) is 5.70. The van der Waals surface area contributed by atoms with Gasteiger partial charge in [-0.2, -0.15) is 0 Å². The first-order valence-corrected chi connectivity index (χ1v) is 6.46. The molecule has 1 heterocycles. The Labute approximate surface area is 97.5 Å². The van der Waals surface area contributed by atoms with Gasteiger partial charge < -0.3 is 10.4 Å². The van der Waals surface area contributed by atoms with Crippen LogP contribution in [0.4, 0.5) is 0 Å². The summed E-state index contributed by atoms with van der Waals surface area (Å²) in [4.78, 5) is 1.32. The summed E-state index contributed by atoms with van der Waals surface area (Å²) in [6, 6.07) is 4.17. The molecule has 1 rings (SSSR count). The summed E-state index contributed by atoms with van der Waals surface area (Å²) in [7, 11) is 0. The van der Waals surface area contributed by atoms with E-state index in [2.05, 4.69) is 33.4 Å². The summed E-state index contributed by atoms with van der Waals surface area (Å²) in [5.41, 5.74) is 0. The van der Waals surface area contributed by atoms with Gasteiger partial charge in [-0.1, -0.05) is 6.92 Å². The van der Waals surface area contributed by atoms with Crippen LogP contribution in [-0.2, 0) is 6.54 Å². The first-order chi connectivity index (χ1) is 6.72. The molecule has 0 aromatic carbocycles. The quantitative estimate of drug-likeness (QED) is 0.784. The van der Waals surface area contributed by atoms with E-state index in [1.807, 2.05) is 6.92 Å². The molecule has 0 aliphatic rings. The zero-order chi connectivity index (χ0) is 10.4. The van der Waals surface area contributed by atoms with Crippen LogP contribution in [0, 0.1) is 0 Å². The van der Waals surface area contributed by atoms with Crippen LogP contribution in [0.1, 0.15) is 24.6 Å². The zero-order valence-electron chi connectivity index (χ0n) is 8.29. The number of rotatable bonds is 6. The highest BCUT2D eigenvalue weighted by Crippen LogP contribution is 2.21. The normalized spacial score (nSPS) is 13.1. The largest absolute Gasteiger partial charge is 0.393 e. The molecule has 2 nitrogen and oxygen atoms in total. The van der Waals surface area contributed by atoms with Crippen molar-refractivity contribution in [1.29, 1.82) is 0 Å². The Morgan fingerprint density at radius 2 is 2.36 bits per heavy atom. The Balaban J connectivity index is 2.10. The van der Waals surface area contributed by atoms with Crippen LogP contribution >= 0.6 is 27.3 Å². The molecule has 0 fully saturated rings. The van der Waals surface area contributed by atoms with Crippen molar-refractivity contribution in [2.75, 3.05) is 6.54 Å². The topological polar surface area (TPSA) is 32.3 Å². The molecule has 0 spiro atoms. The highest BCUT2D eigenvalue weighted by atomic mass is 79.9. The van der Waals surface area contributed by atoms with Gasteiger partial charge in [-0.3, -0.25) is 0 Å². The van der Waals surface area contributed by atoms with E-state index in [1.165, 1.54) is 8.66 Å². The van der Waals surface area contributed by atoms with E-state index in [0.717, 1.165) is 25.9 Å². The van der Waals surface area contributed by atoms with Crippen molar-refractivity contribution in [3.8, 4) is 0 Å². The summed E-state index contributed by atoms with van der Waals surface area (Å²) < 4.78 is 1.17. The summed E-state index contributed by atoms with van der Waals surface area (Å²) in [6.07, 6.45) is 1.52. The fourth-order valence-corrected chi connectivity index (χ4v) is 2.58. The van der Waals surface area contributed by atoms with E-state index >= 15 is 0 Å². The number of halogens is 1. The molecule has 2 N–H and O–H groups in total. The molecule has 80 valence electrons. The second-order valence-electron chi connectivity index (χ2n) is 3.23. The summed E-state index contributed by atoms with van der Waals surface area (Å²) in [5.74, 6) is 0. The highest BCUT2D eigenvalue weighted by molar-refractivity contribution is 9.11. The van der Waals surface area contributed by atoms with Crippen molar-refractivity contribution in [3.63, 3.8) is 0 Å². The number of hydrogen-bond donors (Lipinski definition) is 2. The molecular weight excluding hydrogens is 262 g/mol. The van der Waals surface area contributed by atoms with Gasteiger partial charge in [0.1, 0.15) is 0 Å². The van der Waals surface area contributed by atoms with Gasteiger partial charge in [-0.25, -0.2) is 0 Å². The first-order valence-electron chi connectivity index (χ1n) is 4.85. The molecular formula is C10H16BrNOS. The predicted octanol–water partition coefficient (Wildman–Crippen LogP) is 2.76. The summed E-state index contributed by atoms with van der Waals surface area (Å²) in [5, 5.41) is 12.6. The molecule has 1 aromatic rings. The van der Waals surface area contributed by atoms with Crippen molar-refractivity contribution in [3.05, 3.63) is 20.8 Å². The molecule has 1 unspecified atom stereocenters. The summed E-state index contributed by atoms with van der Waals surface area (Å²) in [6.45, 7) is 3.78. The molecule has 0 aliphatic heterocycles. The molecule has 0 saturated heterocycles. The smallest absolute Gasteiger partial charge is 0.0701 e. The Morgan fingerprint density at radius 1 is 1.57 bits per heavy atom. The lowest BCUT2D eigenvalue weighted by Gasteiger charge is -2.07. The van der Waals surface area contributed by atoms with Crippen molar-refractivity contribution >= 4 is 27.3 Å². The van der Waals surface area contributed by atoms with Crippen LogP contribution in [0.3, 0.4) is 0 Å². The molecule has 0 aliphatic carbocycles. The van der Waals surface area contributed by atoms with Crippen LogP contribution in [0.15, 0.2) is 15.9 Å². The fraction of sp³-hybridized carbons (Fsp3) is 0.600. The molecule has 1 aromatic heterocycles. The molecule has 1 atom stereocenters. The van der Waals surface area contributed by atoms with E-state index < -0.39 is 0 Å². The van der Waals surface area contributed by atoms with Crippen LogP contribution in [0.5, 0.6) is 0 Å². The third kappa shape index (κ3) is 4.55. The molecule has 0 amide bonds. The first kappa shape index (κ1) is 12.2. The predicted molar refractivity (Wildman–Crippen MR) is 64.6 cm³/mol. The number of aliphatic hydroxyl groups is 1. The number of nitrogens with one attached hydrogen (secondary N) is 1. The molecule has 0 bridgehead atoms. The average Bonchev–Trinajstić information content (AvgIpc) is 2.58. The molecule has 14 heavy (non-hydrogen) atoms. The van der Waals surface area contributed by atoms with Crippen molar-refractivity contribution in [2.24, 2.45) is 0 Å². The number of hydrogen-bond acceptors (Lipinski definition) is 3. The fourth-order valence-electron chi connectivity index (χ4n) is 1.13.